The number of nitrogens with one attached hydrogen (secondary N) is 1. The Morgan fingerprint density at radius 3 is 2.95 bits per heavy atom. The molecule has 110 valence electrons. The molecule has 0 unspecified atom stereocenters. The van der Waals surface area contributed by atoms with Gasteiger partial charge in [-0.05, 0) is 40.5 Å². The number of anilines is 1. The predicted molar refractivity (Wildman–Crippen MR) is 88.9 cm³/mol. The van der Waals surface area contributed by atoms with Crippen molar-refractivity contribution in [3.05, 3.63) is 39.7 Å². The first-order chi connectivity index (χ1) is 10.2. The summed E-state index contributed by atoms with van der Waals surface area (Å²) in [7, 11) is 0. The Balaban J connectivity index is 2.04. The molecular formula is C15H15BrFN3S. The number of thioether (sulfide) groups is 1. The Labute approximate surface area is 135 Å². The normalized spacial score (nSPS) is 13.3. The molecule has 3 nitrogen and oxygen atoms in total. The highest BCUT2D eigenvalue weighted by Crippen LogP contribution is 2.35. The standard InChI is InChI=1S/C15H15BrFN3S/c1-2-5-18-15-10-7-21-8-13(10)19-14(20-15)9-3-4-12(17)11(16)6-9/h3-4,6H,2,5,7-8H2,1H3,(H,18,19,20). The molecule has 0 atom stereocenters. The van der Waals surface area contributed by atoms with Crippen LogP contribution < -0.4 is 5.32 Å². The van der Waals surface area contributed by atoms with Crippen LogP contribution in [-0.2, 0) is 11.5 Å². The topological polar surface area (TPSA) is 37.8 Å². The van der Waals surface area contributed by atoms with Gasteiger partial charge in [-0.25, -0.2) is 14.4 Å². The van der Waals surface area contributed by atoms with Gasteiger partial charge in [-0.2, -0.15) is 11.8 Å². The first-order valence-corrected chi connectivity index (χ1v) is 8.80. The van der Waals surface area contributed by atoms with Crippen LogP contribution in [0.3, 0.4) is 0 Å². The van der Waals surface area contributed by atoms with E-state index < -0.39 is 0 Å². The lowest BCUT2D eigenvalue weighted by atomic mass is 10.2. The van der Waals surface area contributed by atoms with E-state index in [1.165, 1.54) is 11.6 Å². The van der Waals surface area contributed by atoms with Crippen LogP contribution >= 0.6 is 27.7 Å². The molecule has 2 aromatic rings. The number of rotatable bonds is 4. The molecule has 0 fully saturated rings. The van der Waals surface area contributed by atoms with Crippen LogP contribution in [0.25, 0.3) is 11.4 Å². The third kappa shape index (κ3) is 3.06. The zero-order chi connectivity index (χ0) is 14.8. The van der Waals surface area contributed by atoms with E-state index in [0.717, 1.165) is 41.5 Å². The summed E-state index contributed by atoms with van der Waals surface area (Å²) in [5.74, 6) is 3.15. The van der Waals surface area contributed by atoms with Crippen molar-refractivity contribution in [1.82, 2.24) is 9.97 Å². The molecule has 21 heavy (non-hydrogen) atoms. The summed E-state index contributed by atoms with van der Waals surface area (Å²) in [5.41, 5.74) is 3.12. The van der Waals surface area contributed by atoms with E-state index in [1.54, 1.807) is 12.1 Å². The first kappa shape index (κ1) is 14.8. The third-order valence-electron chi connectivity index (χ3n) is 3.30. The van der Waals surface area contributed by atoms with E-state index in [1.807, 2.05) is 11.8 Å². The average Bonchev–Trinajstić information content (AvgIpc) is 2.96. The molecule has 1 aliphatic heterocycles. The van der Waals surface area contributed by atoms with Crippen molar-refractivity contribution >= 4 is 33.5 Å². The molecule has 0 spiro atoms. The van der Waals surface area contributed by atoms with Gasteiger partial charge in [-0.3, -0.25) is 0 Å². The zero-order valence-electron chi connectivity index (χ0n) is 11.6. The minimum atomic E-state index is -0.278. The van der Waals surface area contributed by atoms with Crippen molar-refractivity contribution in [1.29, 1.82) is 0 Å². The molecule has 0 bridgehead atoms. The van der Waals surface area contributed by atoms with Crippen molar-refractivity contribution in [2.45, 2.75) is 24.9 Å². The second-order valence-electron chi connectivity index (χ2n) is 4.87. The molecule has 1 aliphatic rings. The highest BCUT2D eigenvalue weighted by atomic mass is 79.9. The highest BCUT2D eigenvalue weighted by molar-refractivity contribution is 9.10. The lowest BCUT2D eigenvalue weighted by Crippen LogP contribution is -2.08. The maximum absolute atomic E-state index is 13.4. The summed E-state index contributed by atoms with van der Waals surface area (Å²) in [6.07, 6.45) is 1.04. The van der Waals surface area contributed by atoms with Gasteiger partial charge in [0.05, 0.1) is 10.2 Å². The van der Waals surface area contributed by atoms with Gasteiger partial charge in [0.25, 0.3) is 0 Å². The van der Waals surface area contributed by atoms with Crippen LogP contribution in [0.15, 0.2) is 22.7 Å². The lowest BCUT2D eigenvalue weighted by molar-refractivity contribution is 0.621. The molecule has 0 amide bonds. The Morgan fingerprint density at radius 2 is 2.19 bits per heavy atom. The summed E-state index contributed by atoms with van der Waals surface area (Å²) < 4.78 is 13.8. The molecule has 0 saturated carbocycles. The van der Waals surface area contributed by atoms with Crippen molar-refractivity contribution in [2.75, 3.05) is 11.9 Å². The minimum absolute atomic E-state index is 0.278. The molecular weight excluding hydrogens is 353 g/mol. The van der Waals surface area contributed by atoms with Gasteiger partial charge in [0.15, 0.2) is 5.82 Å². The van der Waals surface area contributed by atoms with Gasteiger partial charge in [-0.15, -0.1) is 0 Å². The minimum Gasteiger partial charge on any atom is -0.370 e. The smallest absolute Gasteiger partial charge is 0.161 e. The van der Waals surface area contributed by atoms with Crippen LogP contribution in [0.4, 0.5) is 10.2 Å². The molecule has 0 radical (unpaired) electrons. The van der Waals surface area contributed by atoms with Crippen molar-refractivity contribution in [2.24, 2.45) is 0 Å². The van der Waals surface area contributed by atoms with Crippen LogP contribution in [0.1, 0.15) is 24.6 Å². The fraction of sp³-hybridized carbons (Fsp3) is 0.333. The highest BCUT2D eigenvalue weighted by Gasteiger charge is 2.20. The van der Waals surface area contributed by atoms with Gasteiger partial charge in [-0.1, -0.05) is 6.92 Å². The van der Waals surface area contributed by atoms with Gasteiger partial charge >= 0.3 is 0 Å². The number of aromatic nitrogens is 2. The van der Waals surface area contributed by atoms with E-state index in [0.29, 0.717) is 10.3 Å². The Bertz CT molecular complexity index is 678. The molecule has 1 aromatic heterocycles. The molecule has 2 heterocycles. The average molecular weight is 368 g/mol. The predicted octanol–water partition coefficient (Wildman–Crippen LogP) is 4.61. The van der Waals surface area contributed by atoms with Crippen LogP contribution in [0.2, 0.25) is 0 Å². The molecule has 0 aliphatic carbocycles. The third-order valence-corrected chi connectivity index (χ3v) is 4.88. The molecule has 1 N–H and O–H groups in total. The summed E-state index contributed by atoms with van der Waals surface area (Å²) in [4.78, 5) is 9.29. The largest absolute Gasteiger partial charge is 0.370 e. The fourth-order valence-corrected chi connectivity index (χ4v) is 3.63. The van der Waals surface area contributed by atoms with E-state index in [-0.39, 0.29) is 5.82 Å². The van der Waals surface area contributed by atoms with Gasteiger partial charge in [0.2, 0.25) is 0 Å². The van der Waals surface area contributed by atoms with Crippen molar-refractivity contribution in [3.63, 3.8) is 0 Å². The molecule has 1 aromatic carbocycles. The number of benzene rings is 1. The van der Waals surface area contributed by atoms with Crippen LogP contribution in [0.5, 0.6) is 0 Å². The molecule has 0 saturated heterocycles. The van der Waals surface area contributed by atoms with Crippen LogP contribution in [0, 0.1) is 5.82 Å². The summed E-state index contributed by atoms with van der Waals surface area (Å²) in [6, 6.07) is 4.88. The fourth-order valence-electron chi connectivity index (χ4n) is 2.21. The number of nitrogens with zero attached hydrogens (tertiary/aromatic N) is 2. The van der Waals surface area contributed by atoms with E-state index in [9.17, 15) is 4.39 Å². The SMILES string of the molecule is CCCNc1nc(-c2ccc(F)c(Br)c2)nc2c1CSC2. The molecule has 6 heteroatoms. The Hall–Kier alpha value is -1.14. The van der Waals surface area contributed by atoms with Crippen LogP contribution in [-0.4, -0.2) is 16.5 Å². The zero-order valence-corrected chi connectivity index (χ0v) is 14.0. The summed E-state index contributed by atoms with van der Waals surface area (Å²) in [5, 5.41) is 3.38. The van der Waals surface area contributed by atoms with Gasteiger partial charge in [0.1, 0.15) is 11.6 Å². The van der Waals surface area contributed by atoms with Gasteiger partial charge in [0, 0.05) is 29.2 Å². The van der Waals surface area contributed by atoms with E-state index >= 15 is 0 Å². The number of halogens is 2. The maximum Gasteiger partial charge on any atom is 0.161 e. The Morgan fingerprint density at radius 1 is 1.33 bits per heavy atom. The number of fused-ring (bicyclic) bond motifs is 1. The summed E-state index contributed by atoms with van der Waals surface area (Å²) >= 11 is 5.06. The lowest BCUT2D eigenvalue weighted by Gasteiger charge is -2.11. The quantitative estimate of drug-likeness (QED) is 0.855. The second kappa shape index (κ2) is 6.32. The molecule has 3 rings (SSSR count). The van der Waals surface area contributed by atoms with Crippen molar-refractivity contribution in [3.8, 4) is 11.4 Å². The van der Waals surface area contributed by atoms with E-state index in [2.05, 4.69) is 38.1 Å². The second-order valence-corrected chi connectivity index (χ2v) is 6.71. The van der Waals surface area contributed by atoms with Gasteiger partial charge < -0.3 is 5.32 Å². The maximum atomic E-state index is 13.4. The number of hydrogen-bond donors (Lipinski definition) is 1. The number of hydrogen-bond acceptors (Lipinski definition) is 4. The first-order valence-electron chi connectivity index (χ1n) is 6.86. The van der Waals surface area contributed by atoms with E-state index in [4.69, 9.17) is 0 Å². The Kier molecular flexibility index (Phi) is 4.45. The van der Waals surface area contributed by atoms with Crippen molar-refractivity contribution < 1.29 is 4.39 Å². The summed E-state index contributed by atoms with van der Waals surface area (Å²) in [6.45, 7) is 3.02. The monoisotopic (exact) mass is 367 g/mol.